The molecule has 2 rings (SSSR count). The van der Waals surface area contributed by atoms with Crippen molar-refractivity contribution in [3.63, 3.8) is 0 Å². The lowest BCUT2D eigenvalue weighted by Crippen LogP contribution is -2.21. The number of anilines is 1. The van der Waals surface area contributed by atoms with Gasteiger partial charge in [0, 0.05) is 30.2 Å². The van der Waals surface area contributed by atoms with Crippen molar-refractivity contribution in [1.29, 1.82) is 0 Å². The molecule has 0 saturated carbocycles. The normalized spacial score (nSPS) is 10.7. The average Bonchev–Trinajstić information content (AvgIpc) is 2.40. The van der Waals surface area contributed by atoms with E-state index in [0.29, 0.717) is 11.1 Å². The van der Waals surface area contributed by atoms with E-state index < -0.39 is 5.63 Å². The highest BCUT2D eigenvalue weighted by Crippen LogP contribution is 2.27. The first-order valence-electron chi connectivity index (χ1n) is 6.28. The number of aryl methyl sites for hydroxylation is 1. The molecule has 5 nitrogen and oxygen atoms in total. The summed E-state index contributed by atoms with van der Waals surface area (Å²) in [4.78, 5) is 24.4. The van der Waals surface area contributed by atoms with Crippen LogP contribution in [0, 0.1) is 11.8 Å². The van der Waals surface area contributed by atoms with Gasteiger partial charge in [0.15, 0.2) is 5.69 Å². The van der Waals surface area contributed by atoms with Gasteiger partial charge in [-0.1, -0.05) is 0 Å². The van der Waals surface area contributed by atoms with Crippen molar-refractivity contribution < 1.29 is 4.42 Å². The fourth-order valence-corrected chi connectivity index (χ4v) is 2.23. The zero-order valence-electron chi connectivity index (χ0n) is 11.3. The van der Waals surface area contributed by atoms with Crippen LogP contribution in [0.25, 0.3) is 11.0 Å². The summed E-state index contributed by atoms with van der Waals surface area (Å²) < 4.78 is 5.17. The van der Waals surface area contributed by atoms with E-state index in [2.05, 4.69) is 23.9 Å². The molecule has 1 aromatic carbocycles. The highest BCUT2D eigenvalue weighted by Gasteiger charge is 2.13. The summed E-state index contributed by atoms with van der Waals surface area (Å²) in [5.41, 5.74) is 1.21. The maximum absolute atomic E-state index is 11.6. The van der Waals surface area contributed by atoms with E-state index in [1.165, 1.54) is 0 Å². The van der Waals surface area contributed by atoms with Gasteiger partial charge in [-0.15, -0.1) is 4.91 Å². The Morgan fingerprint density at radius 2 is 1.95 bits per heavy atom. The predicted octanol–water partition coefficient (Wildman–Crippen LogP) is 3.35. The van der Waals surface area contributed by atoms with Crippen molar-refractivity contribution in [3.05, 3.63) is 39.1 Å². The minimum absolute atomic E-state index is 0.150. The highest BCUT2D eigenvalue weighted by molar-refractivity contribution is 5.86. The van der Waals surface area contributed by atoms with Gasteiger partial charge in [-0.3, -0.25) is 0 Å². The predicted molar refractivity (Wildman–Crippen MR) is 76.2 cm³/mol. The third-order valence-corrected chi connectivity index (χ3v) is 3.34. The van der Waals surface area contributed by atoms with Gasteiger partial charge in [-0.05, 0) is 43.6 Å². The van der Waals surface area contributed by atoms with Gasteiger partial charge < -0.3 is 9.32 Å². The molecular weight excluding hydrogens is 244 g/mol. The Morgan fingerprint density at radius 1 is 1.26 bits per heavy atom. The largest absolute Gasteiger partial charge is 0.421 e. The van der Waals surface area contributed by atoms with Crippen LogP contribution in [0.5, 0.6) is 0 Å². The molecule has 0 saturated heterocycles. The molecule has 0 bridgehead atoms. The van der Waals surface area contributed by atoms with E-state index in [0.717, 1.165) is 24.2 Å². The molecule has 0 spiro atoms. The van der Waals surface area contributed by atoms with Crippen molar-refractivity contribution in [3.8, 4) is 0 Å². The molecule has 1 aromatic heterocycles. The summed E-state index contributed by atoms with van der Waals surface area (Å²) in [6.45, 7) is 7.58. The first kappa shape index (κ1) is 13.3. The fourth-order valence-electron chi connectivity index (χ4n) is 2.23. The number of hydrogen-bond donors (Lipinski definition) is 0. The van der Waals surface area contributed by atoms with Gasteiger partial charge in [-0.25, -0.2) is 4.79 Å². The molecular formula is C14H16N2O3. The quantitative estimate of drug-likeness (QED) is 0.624. The average molecular weight is 260 g/mol. The molecule has 0 N–H and O–H groups in total. The van der Waals surface area contributed by atoms with Crippen LogP contribution < -0.4 is 10.5 Å². The summed E-state index contributed by atoms with van der Waals surface area (Å²) in [7, 11) is 0. The first-order chi connectivity index (χ1) is 9.12. The molecule has 19 heavy (non-hydrogen) atoms. The SMILES string of the molecule is CCN(CC)c1ccc2c(C)c(N=O)c(=O)oc2c1. The van der Waals surface area contributed by atoms with Crippen LogP contribution in [0.15, 0.2) is 32.6 Å². The van der Waals surface area contributed by atoms with Crippen molar-refractivity contribution in [2.24, 2.45) is 5.18 Å². The highest BCUT2D eigenvalue weighted by atomic mass is 16.4. The zero-order chi connectivity index (χ0) is 14.0. The second-order valence-electron chi connectivity index (χ2n) is 4.31. The molecule has 0 aliphatic carbocycles. The molecule has 0 fully saturated rings. The van der Waals surface area contributed by atoms with E-state index in [-0.39, 0.29) is 5.69 Å². The van der Waals surface area contributed by atoms with E-state index in [1.54, 1.807) is 6.92 Å². The molecule has 100 valence electrons. The van der Waals surface area contributed by atoms with Gasteiger partial charge in [0.2, 0.25) is 0 Å². The van der Waals surface area contributed by atoms with Crippen LogP contribution in [-0.2, 0) is 0 Å². The second kappa shape index (κ2) is 5.22. The lowest BCUT2D eigenvalue weighted by molar-refractivity contribution is 0.561. The van der Waals surface area contributed by atoms with Crippen molar-refractivity contribution in [2.45, 2.75) is 20.8 Å². The first-order valence-corrected chi connectivity index (χ1v) is 6.28. The number of benzene rings is 1. The molecule has 0 unspecified atom stereocenters. The van der Waals surface area contributed by atoms with Gasteiger partial charge in [0.05, 0.1) is 0 Å². The molecule has 0 aliphatic heterocycles. The van der Waals surface area contributed by atoms with Gasteiger partial charge in [0.1, 0.15) is 5.58 Å². The summed E-state index contributed by atoms with van der Waals surface area (Å²) in [5.74, 6) is 0. The maximum Gasteiger partial charge on any atom is 0.366 e. The zero-order valence-corrected chi connectivity index (χ0v) is 11.3. The number of hydrogen-bond acceptors (Lipinski definition) is 5. The Morgan fingerprint density at radius 3 is 2.53 bits per heavy atom. The summed E-state index contributed by atoms with van der Waals surface area (Å²) >= 11 is 0. The van der Waals surface area contributed by atoms with Crippen molar-refractivity contribution >= 4 is 22.3 Å². The fraction of sp³-hybridized carbons (Fsp3) is 0.357. The van der Waals surface area contributed by atoms with Crippen LogP contribution >= 0.6 is 0 Å². The number of rotatable bonds is 4. The lowest BCUT2D eigenvalue weighted by Gasteiger charge is -2.21. The second-order valence-corrected chi connectivity index (χ2v) is 4.31. The number of nitroso groups, excluding NO2 is 1. The molecule has 0 atom stereocenters. The van der Waals surface area contributed by atoms with Crippen LogP contribution in [0.4, 0.5) is 11.4 Å². The van der Waals surface area contributed by atoms with E-state index in [4.69, 9.17) is 4.42 Å². The maximum atomic E-state index is 11.6. The Hall–Kier alpha value is -2.17. The Kier molecular flexibility index (Phi) is 3.64. The molecule has 0 amide bonds. The molecule has 2 aromatic rings. The topological polar surface area (TPSA) is 62.9 Å². The minimum Gasteiger partial charge on any atom is -0.421 e. The van der Waals surface area contributed by atoms with Crippen molar-refractivity contribution in [2.75, 3.05) is 18.0 Å². The van der Waals surface area contributed by atoms with Crippen molar-refractivity contribution in [1.82, 2.24) is 0 Å². The summed E-state index contributed by atoms with van der Waals surface area (Å²) in [6, 6.07) is 5.64. The van der Waals surface area contributed by atoms with Gasteiger partial charge in [0.25, 0.3) is 0 Å². The Labute approximate surface area is 110 Å². The van der Waals surface area contributed by atoms with Crippen LogP contribution in [-0.4, -0.2) is 13.1 Å². The number of nitrogens with zero attached hydrogens (tertiary/aromatic N) is 2. The minimum atomic E-state index is -0.684. The third-order valence-electron chi connectivity index (χ3n) is 3.34. The monoisotopic (exact) mass is 260 g/mol. The molecule has 5 heteroatoms. The summed E-state index contributed by atoms with van der Waals surface area (Å²) in [6.07, 6.45) is 0. The molecule has 0 radical (unpaired) electrons. The van der Waals surface area contributed by atoms with E-state index in [9.17, 15) is 9.70 Å². The lowest BCUT2D eigenvalue weighted by atomic mass is 10.1. The van der Waals surface area contributed by atoms with Crippen LogP contribution in [0.3, 0.4) is 0 Å². The van der Waals surface area contributed by atoms with Gasteiger partial charge >= 0.3 is 5.63 Å². The molecule has 0 aliphatic rings. The Bertz CT molecular complexity index is 672. The standard InChI is InChI=1S/C14H16N2O3/c1-4-16(5-2)10-6-7-11-9(3)13(15-18)14(17)19-12(11)8-10/h6-8H,4-5H2,1-3H3. The summed E-state index contributed by atoms with van der Waals surface area (Å²) in [5, 5.41) is 3.48. The van der Waals surface area contributed by atoms with Crippen LogP contribution in [0.1, 0.15) is 19.4 Å². The van der Waals surface area contributed by atoms with E-state index in [1.807, 2.05) is 18.2 Å². The molecule has 1 heterocycles. The van der Waals surface area contributed by atoms with Crippen LogP contribution in [0.2, 0.25) is 0 Å². The third kappa shape index (κ3) is 2.23. The Balaban J connectivity index is 2.68. The van der Waals surface area contributed by atoms with E-state index >= 15 is 0 Å². The number of fused-ring (bicyclic) bond motifs is 1. The van der Waals surface area contributed by atoms with Gasteiger partial charge in [-0.2, -0.15) is 0 Å². The smallest absolute Gasteiger partial charge is 0.366 e.